The van der Waals surface area contributed by atoms with E-state index < -0.39 is 0 Å². The lowest BCUT2D eigenvalue weighted by atomic mass is 10.2. The standard InChI is InChI=1S/C14H19ClN2O/c1-2-17(14(18)9-16-12-7-8-12)10-11-5-3-4-6-13(11)15/h3-6,12,16H,2,7-10H2,1H3. The van der Waals surface area contributed by atoms with Crippen molar-refractivity contribution >= 4 is 17.5 Å². The van der Waals surface area contributed by atoms with Crippen LogP contribution in [-0.4, -0.2) is 29.9 Å². The van der Waals surface area contributed by atoms with E-state index in [0.717, 1.165) is 10.6 Å². The third-order valence-corrected chi connectivity index (χ3v) is 3.54. The molecule has 1 aliphatic carbocycles. The summed E-state index contributed by atoms with van der Waals surface area (Å²) in [5, 5.41) is 3.97. The van der Waals surface area contributed by atoms with Crippen LogP contribution in [0.1, 0.15) is 25.3 Å². The molecule has 1 fully saturated rings. The van der Waals surface area contributed by atoms with E-state index in [9.17, 15) is 4.79 Å². The first-order valence-corrected chi connectivity index (χ1v) is 6.83. The lowest BCUT2D eigenvalue weighted by Crippen LogP contribution is -2.38. The second-order valence-electron chi connectivity index (χ2n) is 4.65. The van der Waals surface area contributed by atoms with Crippen molar-refractivity contribution in [1.29, 1.82) is 0 Å². The van der Waals surface area contributed by atoms with Crippen molar-refractivity contribution < 1.29 is 4.79 Å². The van der Waals surface area contributed by atoms with Crippen molar-refractivity contribution in [3.63, 3.8) is 0 Å². The number of carbonyl (C=O) groups excluding carboxylic acids is 1. The molecule has 0 radical (unpaired) electrons. The number of carbonyl (C=O) groups is 1. The number of hydrogen-bond donors (Lipinski definition) is 1. The predicted octanol–water partition coefficient (Wildman–Crippen LogP) is 2.44. The zero-order valence-electron chi connectivity index (χ0n) is 10.7. The Bertz CT molecular complexity index is 418. The molecule has 0 atom stereocenters. The Labute approximate surface area is 113 Å². The van der Waals surface area contributed by atoms with Crippen molar-refractivity contribution in [1.82, 2.24) is 10.2 Å². The molecule has 1 saturated carbocycles. The number of amides is 1. The molecular weight excluding hydrogens is 248 g/mol. The van der Waals surface area contributed by atoms with Gasteiger partial charge in [-0.1, -0.05) is 29.8 Å². The van der Waals surface area contributed by atoms with Crippen LogP contribution in [0.25, 0.3) is 0 Å². The van der Waals surface area contributed by atoms with Gasteiger partial charge in [-0.3, -0.25) is 4.79 Å². The van der Waals surface area contributed by atoms with Crippen molar-refractivity contribution in [2.24, 2.45) is 0 Å². The molecule has 1 amide bonds. The Hall–Kier alpha value is -1.06. The van der Waals surface area contributed by atoms with Gasteiger partial charge in [0.2, 0.25) is 5.91 Å². The highest BCUT2D eigenvalue weighted by Gasteiger charge is 2.22. The van der Waals surface area contributed by atoms with Crippen LogP contribution in [0.5, 0.6) is 0 Å². The molecule has 0 aliphatic heterocycles. The minimum Gasteiger partial charge on any atom is -0.337 e. The van der Waals surface area contributed by atoms with Gasteiger partial charge in [0.05, 0.1) is 6.54 Å². The quantitative estimate of drug-likeness (QED) is 0.858. The molecule has 0 aromatic heterocycles. The van der Waals surface area contributed by atoms with E-state index in [2.05, 4.69) is 5.32 Å². The van der Waals surface area contributed by atoms with Crippen LogP contribution in [-0.2, 0) is 11.3 Å². The number of halogens is 1. The molecule has 1 aromatic carbocycles. The van der Waals surface area contributed by atoms with Gasteiger partial charge in [0.1, 0.15) is 0 Å². The number of nitrogens with one attached hydrogen (secondary N) is 1. The number of rotatable bonds is 6. The highest BCUT2D eigenvalue weighted by molar-refractivity contribution is 6.31. The van der Waals surface area contributed by atoms with E-state index in [0.29, 0.717) is 25.7 Å². The fourth-order valence-electron chi connectivity index (χ4n) is 1.84. The van der Waals surface area contributed by atoms with Crippen molar-refractivity contribution in [2.45, 2.75) is 32.4 Å². The number of likely N-dealkylation sites (N-methyl/N-ethyl adjacent to an activating group) is 1. The summed E-state index contributed by atoms with van der Waals surface area (Å²) in [6.07, 6.45) is 2.40. The van der Waals surface area contributed by atoms with E-state index in [1.165, 1.54) is 12.8 Å². The zero-order chi connectivity index (χ0) is 13.0. The summed E-state index contributed by atoms with van der Waals surface area (Å²) in [4.78, 5) is 13.9. The summed E-state index contributed by atoms with van der Waals surface area (Å²) in [5.74, 6) is 0.143. The SMILES string of the molecule is CCN(Cc1ccccc1Cl)C(=O)CNC1CC1. The molecular formula is C14H19ClN2O. The van der Waals surface area contributed by atoms with Gasteiger partial charge in [0.25, 0.3) is 0 Å². The van der Waals surface area contributed by atoms with Gasteiger partial charge in [-0.25, -0.2) is 0 Å². The first kappa shape index (κ1) is 13.4. The van der Waals surface area contributed by atoms with Crippen LogP contribution in [0.2, 0.25) is 5.02 Å². The van der Waals surface area contributed by atoms with Gasteiger partial charge in [0, 0.05) is 24.2 Å². The summed E-state index contributed by atoms with van der Waals surface area (Å²) in [5.41, 5.74) is 1.00. The lowest BCUT2D eigenvalue weighted by Gasteiger charge is -2.21. The molecule has 18 heavy (non-hydrogen) atoms. The summed E-state index contributed by atoms with van der Waals surface area (Å²) in [7, 11) is 0. The van der Waals surface area contributed by atoms with Crippen LogP contribution in [0.3, 0.4) is 0 Å². The molecule has 4 heteroatoms. The molecule has 2 rings (SSSR count). The predicted molar refractivity (Wildman–Crippen MR) is 73.6 cm³/mol. The highest BCUT2D eigenvalue weighted by atomic mass is 35.5. The zero-order valence-corrected chi connectivity index (χ0v) is 11.4. The molecule has 0 saturated heterocycles. The average molecular weight is 267 g/mol. The molecule has 0 bridgehead atoms. The maximum Gasteiger partial charge on any atom is 0.236 e. The summed E-state index contributed by atoms with van der Waals surface area (Å²) < 4.78 is 0. The molecule has 1 aromatic rings. The van der Waals surface area contributed by atoms with E-state index in [4.69, 9.17) is 11.6 Å². The summed E-state index contributed by atoms with van der Waals surface area (Å²) >= 11 is 6.11. The van der Waals surface area contributed by atoms with E-state index in [-0.39, 0.29) is 5.91 Å². The smallest absolute Gasteiger partial charge is 0.236 e. The minimum atomic E-state index is 0.143. The van der Waals surface area contributed by atoms with Crippen molar-refractivity contribution in [3.8, 4) is 0 Å². The maximum absolute atomic E-state index is 12.0. The molecule has 1 N–H and O–H groups in total. The highest BCUT2D eigenvalue weighted by Crippen LogP contribution is 2.19. The Morgan fingerprint density at radius 1 is 1.44 bits per heavy atom. The number of nitrogens with zero attached hydrogens (tertiary/aromatic N) is 1. The lowest BCUT2D eigenvalue weighted by molar-refractivity contribution is -0.130. The molecule has 0 heterocycles. The third kappa shape index (κ3) is 3.72. The first-order chi connectivity index (χ1) is 8.70. The number of benzene rings is 1. The minimum absolute atomic E-state index is 0.143. The topological polar surface area (TPSA) is 32.3 Å². The molecule has 1 aliphatic rings. The second kappa shape index (κ2) is 6.21. The van der Waals surface area contributed by atoms with Crippen LogP contribution in [0.15, 0.2) is 24.3 Å². The van der Waals surface area contributed by atoms with Crippen molar-refractivity contribution in [2.75, 3.05) is 13.1 Å². The molecule has 3 nitrogen and oxygen atoms in total. The summed E-state index contributed by atoms with van der Waals surface area (Å²) in [6, 6.07) is 8.23. The Morgan fingerprint density at radius 3 is 2.78 bits per heavy atom. The first-order valence-electron chi connectivity index (χ1n) is 6.45. The van der Waals surface area contributed by atoms with Gasteiger partial charge in [0.15, 0.2) is 0 Å². The van der Waals surface area contributed by atoms with E-state index >= 15 is 0 Å². The Balaban J connectivity index is 1.91. The Kier molecular flexibility index (Phi) is 4.61. The van der Waals surface area contributed by atoms with Gasteiger partial charge >= 0.3 is 0 Å². The Morgan fingerprint density at radius 2 is 2.17 bits per heavy atom. The fourth-order valence-corrected chi connectivity index (χ4v) is 2.03. The van der Waals surface area contributed by atoms with Crippen molar-refractivity contribution in [3.05, 3.63) is 34.9 Å². The average Bonchev–Trinajstić information content (AvgIpc) is 3.19. The van der Waals surface area contributed by atoms with Gasteiger partial charge in [-0.2, -0.15) is 0 Å². The summed E-state index contributed by atoms with van der Waals surface area (Å²) in [6.45, 7) is 3.71. The van der Waals surface area contributed by atoms with Crippen LogP contribution in [0.4, 0.5) is 0 Å². The van der Waals surface area contributed by atoms with Crippen LogP contribution >= 0.6 is 11.6 Å². The molecule has 0 unspecified atom stereocenters. The second-order valence-corrected chi connectivity index (χ2v) is 5.06. The third-order valence-electron chi connectivity index (χ3n) is 3.17. The largest absolute Gasteiger partial charge is 0.337 e. The van der Waals surface area contributed by atoms with Crippen LogP contribution in [0, 0.1) is 0 Å². The van der Waals surface area contributed by atoms with Crippen LogP contribution < -0.4 is 5.32 Å². The van der Waals surface area contributed by atoms with E-state index in [1.807, 2.05) is 36.1 Å². The molecule has 98 valence electrons. The maximum atomic E-state index is 12.0. The van der Waals surface area contributed by atoms with Gasteiger partial charge in [-0.05, 0) is 31.4 Å². The van der Waals surface area contributed by atoms with Gasteiger partial charge in [-0.15, -0.1) is 0 Å². The number of hydrogen-bond acceptors (Lipinski definition) is 2. The van der Waals surface area contributed by atoms with E-state index in [1.54, 1.807) is 0 Å². The monoisotopic (exact) mass is 266 g/mol. The molecule has 0 spiro atoms. The fraction of sp³-hybridized carbons (Fsp3) is 0.500. The van der Waals surface area contributed by atoms with Gasteiger partial charge < -0.3 is 10.2 Å². The normalized spacial score (nSPS) is 14.6.